The molecule has 0 atom stereocenters. The first-order valence-electron chi connectivity index (χ1n) is 7.58. The molecule has 0 bridgehead atoms. The second kappa shape index (κ2) is 5.49. The monoisotopic (exact) mass is 328 g/mol. The lowest BCUT2D eigenvalue weighted by atomic mass is 9.87. The SMILES string of the molecule is Cc1cc2c(=O)n(Cc3ccc(C(C)(C)C)cc3)c(=O)[nH]c2s1. The lowest BCUT2D eigenvalue weighted by molar-refractivity contribution is 0.589. The molecule has 4 nitrogen and oxygen atoms in total. The van der Waals surface area contributed by atoms with Gasteiger partial charge in [0.1, 0.15) is 4.83 Å². The molecule has 1 aromatic carbocycles. The van der Waals surface area contributed by atoms with Crippen molar-refractivity contribution in [1.82, 2.24) is 9.55 Å². The third-order valence-corrected chi connectivity index (χ3v) is 4.92. The van der Waals surface area contributed by atoms with Crippen molar-refractivity contribution >= 4 is 21.6 Å². The van der Waals surface area contributed by atoms with Crippen molar-refractivity contribution < 1.29 is 0 Å². The fourth-order valence-electron chi connectivity index (χ4n) is 2.60. The number of aryl methyl sites for hydroxylation is 1. The number of nitrogens with zero attached hydrogens (tertiary/aromatic N) is 1. The maximum Gasteiger partial charge on any atom is 0.329 e. The molecule has 0 aliphatic carbocycles. The number of fused-ring (bicyclic) bond motifs is 1. The lowest BCUT2D eigenvalue weighted by Gasteiger charge is -2.19. The van der Waals surface area contributed by atoms with Crippen LogP contribution in [0.15, 0.2) is 39.9 Å². The molecule has 0 fully saturated rings. The van der Waals surface area contributed by atoms with Crippen LogP contribution in [0.4, 0.5) is 0 Å². The minimum Gasteiger partial charge on any atom is -0.298 e. The lowest BCUT2D eigenvalue weighted by Crippen LogP contribution is -2.34. The highest BCUT2D eigenvalue weighted by molar-refractivity contribution is 7.18. The summed E-state index contributed by atoms with van der Waals surface area (Å²) in [6.45, 7) is 8.68. The third-order valence-electron chi connectivity index (χ3n) is 3.96. The smallest absolute Gasteiger partial charge is 0.298 e. The summed E-state index contributed by atoms with van der Waals surface area (Å²) >= 11 is 1.43. The van der Waals surface area contributed by atoms with Crippen molar-refractivity contribution in [1.29, 1.82) is 0 Å². The van der Waals surface area contributed by atoms with Crippen molar-refractivity contribution in [3.05, 3.63) is 67.2 Å². The molecule has 0 amide bonds. The number of aromatic nitrogens is 2. The zero-order valence-corrected chi connectivity index (χ0v) is 14.6. The maximum absolute atomic E-state index is 12.5. The molecule has 0 radical (unpaired) electrons. The van der Waals surface area contributed by atoms with E-state index in [1.165, 1.54) is 21.5 Å². The van der Waals surface area contributed by atoms with Gasteiger partial charge in [-0.05, 0) is 29.5 Å². The van der Waals surface area contributed by atoms with Gasteiger partial charge in [0.2, 0.25) is 0 Å². The normalized spacial score (nSPS) is 12.0. The van der Waals surface area contributed by atoms with Crippen molar-refractivity contribution in [2.45, 2.75) is 39.7 Å². The number of rotatable bonds is 2. The van der Waals surface area contributed by atoms with Crippen LogP contribution < -0.4 is 11.2 Å². The van der Waals surface area contributed by atoms with Crippen LogP contribution in [-0.2, 0) is 12.0 Å². The summed E-state index contributed by atoms with van der Waals surface area (Å²) in [7, 11) is 0. The van der Waals surface area contributed by atoms with Gasteiger partial charge in [-0.15, -0.1) is 11.3 Å². The molecular formula is C18H20N2O2S. The van der Waals surface area contributed by atoms with Crippen LogP contribution in [0.5, 0.6) is 0 Å². The van der Waals surface area contributed by atoms with Gasteiger partial charge in [-0.3, -0.25) is 14.3 Å². The highest BCUT2D eigenvalue weighted by Gasteiger charge is 2.14. The summed E-state index contributed by atoms with van der Waals surface area (Å²) in [5.41, 5.74) is 1.67. The molecule has 0 aliphatic rings. The highest BCUT2D eigenvalue weighted by atomic mass is 32.1. The fourth-order valence-corrected chi connectivity index (χ4v) is 3.50. The molecule has 5 heteroatoms. The number of H-pyrrole nitrogens is 1. The van der Waals surface area contributed by atoms with E-state index in [9.17, 15) is 9.59 Å². The Hall–Kier alpha value is -2.14. The summed E-state index contributed by atoms with van der Waals surface area (Å²) in [6.07, 6.45) is 0. The first kappa shape index (κ1) is 15.7. The molecule has 23 heavy (non-hydrogen) atoms. The van der Waals surface area contributed by atoms with E-state index in [1.807, 2.05) is 25.1 Å². The number of nitrogens with one attached hydrogen (secondary N) is 1. The number of hydrogen-bond acceptors (Lipinski definition) is 3. The summed E-state index contributed by atoms with van der Waals surface area (Å²) in [6, 6.07) is 9.91. The molecule has 0 saturated carbocycles. The molecule has 120 valence electrons. The molecule has 1 N–H and O–H groups in total. The summed E-state index contributed by atoms with van der Waals surface area (Å²) in [4.78, 5) is 29.2. The first-order chi connectivity index (χ1) is 10.8. The van der Waals surface area contributed by atoms with Gasteiger partial charge < -0.3 is 0 Å². The molecular weight excluding hydrogens is 308 g/mol. The summed E-state index contributed by atoms with van der Waals surface area (Å²) < 4.78 is 1.26. The van der Waals surface area contributed by atoms with Crippen LogP contribution in [0, 0.1) is 6.92 Å². The van der Waals surface area contributed by atoms with Crippen LogP contribution in [0.25, 0.3) is 10.2 Å². The van der Waals surface area contributed by atoms with Gasteiger partial charge in [-0.2, -0.15) is 0 Å². The van der Waals surface area contributed by atoms with Gasteiger partial charge in [0.15, 0.2) is 0 Å². The van der Waals surface area contributed by atoms with Gasteiger partial charge in [-0.1, -0.05) is 45.0 Å². The number of hydrogen-bond donors (Lipinski definition) is 1. The Morgan fingerprint density at radius 1 is 1.13 bits per heavy atom. The van der Waals surface area contributed by atoms with Crippen molar-refractivity contribution in [3.8, 4) is 0 Å². The van der Waals surface area contributed by atoms with E-state index in [4.69, 9.17) is 0 Å². The molecule has 0 saturated heterocycles. The number of benzene rings is 1. The van der Waals surface area contributed by atoms with Crippen LogP contribution in [-0.4, -0.2) is 9.55 Å². The van der Waals surface area contributed by atoms with Crippen molar-refractivity contribution in [2.24, 2.45) is 0 Å². The molecule has 0 unspecified atom stereocenters. The van der Waals surface area contributed by atoms with E-state index in [0.29, 0.717) is 10.2 Å². The van der Waals surface area contributed by atoms with Gasteiger partial charge in [-0.25, -0.2) is 4.79 Å². The molecule has 0 aliphatic heterocycles. The quantitative estimate of drug-likeness (QED) is 0.784. The Balaban J connectivity index is 2.01. The van der Waals surface area contributed by atoms with Gasteiger partial charge >= 0.3 is 5.69 Å². The van der Waals surface area contributed by atoms with Gasteiger partial charge in [0, 0.05) is 4.88 Å². The summed E-state index contributed by atoms with van der Waals surface area (Å²) in [5.74, 6) is 0. The molecule has 3 rings (SSSR count). The Bertz CT molecular complexity index is 969. The second-order valence-corrected chi connectivity index (χ2v) is 8.12. The zero-order valence-electron chi connectivity index (χ0n) is 13.8. The largest absolute Gasteiger partial charge is 0.329 e. The Morgan fingerprint density at radius 2 is 1.78 bits per heavy atom. The summed E-state index contributed by atoms with van der Waals surface area (Å²) in [5, 5.41) is 0.582. The maximum atomic E-state index is 12.5. The predicted octanol–water partition coefficient (Wildman–Crippen LogP) is 3.41. The number of thiophene rings is 1. The molecule has 3 aromatic rings. The number of aromatic amines is 1. The predicted molar refractivity (Wildman–Crippen MR) is 95.7 cm³/mol. The third kappa shape index (κ3) is 3.01. The minimum atomic E-state index is -0.357. The van der Waals surface area contributed by atoms with Crippen LogP contribution >= 0.6 is 11.3 Å². The Labute approximate surface area is 138 Å². The van der Waals surface area contributed by atoms with E-state index in [-0.39, 0.29) is 23.2 Å². The van der Waals surface area contributed by atoms with Gasteiger partial charge in [0.05, 0.1) is 11.9 Å². The molecule has 2 aromatic heterocycles. The average Bonchev–Trinajstić information content (AvgIpc) is 2.83. The van der Waals surface area contributed by atoms with E-state index in [1.54, 1.807) is 0 Å². The van der Waals surface area contributed by atoms with Crippen LogP contribution in [0.2, 0.25) is 0 Å². The van der Waals surface area contributed by atoms with Crippen LogP contribution in [0.3, 0.4) is 0 Å². The highest BCUT2D eigenvalue weighted by Crippen LogP contribution is 2.22. The van der Waals surface area contributed by atoms with E-state index in [2.05, 4.69) is 37.9 Å². The van der Waals surface area contributed by atoms with Crippen molar-refractivity contribution in [3.63, 3.8) is 0 Å². The van der Waals surface area contributed by atoms with Gasteiger partial charge in [0.25, 0.3) is 5.56 Å². The topological polar surface area (TPSA) is 54.9 Å². The van der Waals surface area contributed by atoms with Crippen LogP contribution in [0.1, 0.15) is 36.8 Å². The Morgan fingerprint density at radius 3 is 2.39 bits per heavy atom. The zero-order chi connectivity index (χ0) is 16.8. The standard InChI is InChI=1S/C18H20N2O2S/c1-11-9-14-15(23-11)19-17(22)20(16(14)21)10-12-5-7-13(8-6-12)18(2,3)4/h5-9H,10H2,1-4H3,(H,19,22). The first-order valence-corrected chi connectivity index (χ1v) is 8.40. The average molecular weight is 328 g/mol. The minimum absolute atomic E-state index is 0.0833. The molecule has 2 heterocycles. The second-order valence-electron chi connectivity index (χ2n) is 6.87. The molecule has 0 spiro atoms. The Kier molecular flexibility index (Phi) is 3.76. The fraction of sp³-hybridized carbons (Fsp3) is 0.333. The van der Waals surface area contributed by atoms with E-state index >= 15 is 0 Å². The van der Waals surface area contributed by atoms with E-state index in [0.717, 1.165) is 10.4 Å². The van der Waals surface area contributed by atoms with E-state index < -0.39 is 0 Å². The van der Waals surface area contributed by atoms with Crippen molar-refractivity contribution in [2.75, 3.05) is 0 Å².